The lowest BCUT2D eigenvalue weighted by molar-refractivity contribution is -0.160. The minimum absolute atomic E-state index is 0.177. The molecule has 142 valence electrons. The van der Waals surface area contributed by atoms with Gasteiger partial charge in [-0.15, -0.1) is 0 Å². The van der Waals surface area contributed by atoms with Crippen molar-refractivity contribution in [1.82, 2.24) is 9.80 Å². The number of piperazine rings is 1. The first-order valence-corrected chi connectivity index (χ1v) is 9.33. The normalized spacial score (nSPS) is 16.0. The first-order valence-electron chi connectivity index (χ1n) is 8.95. The fraction of sp³-hybridized carbons (Fsp3) is 0.333. The van der Waals surface area contributed by atoms with Crippen LogP contribution in [0.1, 0.15) is 18.6 Å². The third kappa shape index (κ3) is 4.67. The Bertz CT molecular complexity index is 814. The van der Waals surface area contributed by atoms with Gasteiger partial charge in [0.15, 0.2) is 0 Å². The fourth-order valence-electron chi connectivity index (χ4n) is 3.15. The van der Waals surface area contributed by atoms with Gasteiger partial charge in [0.25, 0.3) is 5.91 Å². The van der Waals surface area contributed by atoms with Gasteiger partial charge in [-0.3, -0.25) is 9.59 Å². The summed E-state index contributed by atoms with van der Waals surface area (Å²) >= 11 is 6.26. The minimum Gasteiger partial charge on any atom is -0.447 e. The Labute approximate surface area is 164 Å². The molecule has 1 atom stereocenters. The molecule has 1 aliphatic rings. The maximum atomic E-state index is 13.0. The van der Waals surface area contributed by atoms with Gasteiger partial charge in [0.2, 0.25) is 6.10 Å². The number of halogens is 1. The van der Waals surface area contributed by atoms with E-state index < -0.39 is 12.1 Å². The second kappa shape index (κ2) is 8.55. The van der Waals surface area contributed by atoms with Crippen molar-refractivity contribution in [2.45, 2.75) is 13.0 Å². The summed E-state index contributed by atoms with van der Waals surface area (Å²) in [7, 11) is 2.03. The topological polar surface area (TPSA) is 49.9 Å². The highest BCUT2D eigenvalue weighted by Gasteiger charge is 2.30. The molecule has 0 bridgehead atoms. The number of amides is 1. The molecule has 27 heavy (non-hydrogen) atoms. The molecule has 1 aliphatic heterocycles. The van der Waals surface area contributed by atoms with E-state index in [0.29, 0.717) is 23.7 Å². The van der Waals surface area contributed by atoms with Gasteiger partial charge < -0.3 is 14.5 Å². The molecule has 1 heterocycles. The number of carbonyl (C=O) groups is 2. The number of hydrogen-bond donors (Lipinski definition) is 0. The van der Waals surface area contributed by atoms with Gasteiger partial charge in [0, 0.05) is 49.3 Å². The van der Waals surface area contributed by atoms with E-state index in [4.69, 9.17) is 16.3 Å². The van der Waals surface area contributed by atoms with Gasteiger partial charge in [0.05, 0.1) is 0 Å². The second-order valence-electron chi connectivity index (χ2n) is 6.72. The van der Waals surface area contributed by atoms with Gasteiger partial charge in [-0.25, -0.2) is 0 Å². The summed E-state index contributed by atoms with van der Waals surface area (Å²) in [5.41, 5.74) is 2.52. The van der Waals surface area contributed by atoms with Crippen LogP contribution in [-0.4, -0.2) is 54.9 Å². The van der Waals surface area contributed by atoms with Crippen LogP contribution in [0.25, 0.3) is 11.1 Å². The highest BCUT2D eigenvalue weighted by atomic mass is 35.5. The lowest BCUT2D eigenvalue weighted by atomic mass is 10.0. The van der Waals surface area contributed by atoms with Crippen LogP contribution in [0.2, 0.25) is 5.02 Å². The molecule has 3 rings (SSSR count). The second-order valence-corrected chi connectivity index (χ2v) is 7.13. The van der Waals surface area contributed by atoms with Crippen LogP contribution in [0.4, 0.5) is 0 Å². The Morgan fingerprint density at radius 1 is 1.00 bits per heavy atom. The third-order valence-electron chi connectivity index (χ3n) is 4.72. The Morgan fingerprint density at radius 3 is 2.22 bits per heavy atom. The van der Waals surface area contributed by atoms with Crippen molar-refractivity contribution in [2.75, 3.05) is 33.2 Å². The third-order valence-corrected chi connectivity index (χ3v) is 5.05. The smallest absolute Gasteiger partial charge is 0.303 e. The number of esters is 1. The van der Waals surface area contributed by atoms with E-state index in [1.807, 2.05) is 55.6 Å². The van der Waals surface area contributed by atoms with Gasteiger partial charge in [-0.2, -0.15) is 0 Å². The number of likely N-dealkylation sites (N-methyl/N-ethyl adjacent to an activating group) is 1. The van der Waals surface area contributed by atoms with Gasteiger partial charge in [-0.1, -0.05) is 54.1 Å². The molecular weight excluding hydrogens is 364 g/mol. The summed E-state index contributed by atoms with van der Waals surface area (Å²) in [4.78, 5) is 28.5. The van der Waals surface area contributed by atoms with E-state index in [1.165, 1.54) is 6.92 Å². The Hall–Kier alpha value is -2.37. The standard InChI is InChI=1S/C21H23ClN2O3/c1-15(25)27-20(21(26)24-13-11-23(2)12-14-24)17-9-7-16(8-10-17)18-5-3-4-6-19(18)22/h3-10,20H,11-14H2,1-2H3. The maximum absolute atomic E-state index is 13.0. The average molecular weight is 387 g/mol. The van der Waals surface area contributed by atoms with Crippen molar-refractivity contribution in [3.8, 4) is 11.1 Å². The Morgan fingerprint density at radius 2 is 1.63 bits per heavy atom. The van der Waals surface area contributed by atoms with Crippen LogP contribution in [0.15, 0.2) is 48.5 Å². The first-order chi connectivity index (χ1) is 13.0. The zero-order valence-corrected chi connectivity index (χ0v) is 16.3. The van der Waals surface area contributed by atoms with Gasteiger partial charge >= 0.3 is 5.97 Å². The summed E-state index contributed by atoms with van der Waals surface area (Å²) in [6.07, 6.45) is -0.925. The quantitative estimate of drug-likeness (QED) is 0.756. The van der Waals surface area contributed by atoms with E-state index in [2.05, 4.69) is 4.90 Å². The van der Waals surface area contributed by atoms with Crippen molar-refractivity contribution in [1.29, 1.82) is 0 Å². The molecule has 6 heteroatoms. The largest absolute Gasteiger partial charge is 0.447 e. The predicted molar refractivity (Wildman–Crippen MR) is 105 cm³/mol. The Kier molecular flexibility index (Phi) is 6.14. The van der Waals surface area contributed by atoms with Crippen molar-refractivity contribution in [3.63, 3.8) is 0 Å². The number of hydrogen-bond acceptors (Lipinski definition) is 4. The summed E-state index contributed by atoms with van der Waals surface area (Å²) in [5.74, 6) is -0.651. The van der Waals surface area contributed by atoms with Crippen molar-refractivity contribution in [2.24, 2.45) is 0 Å². The van der Waals surface area contributed by atoms with E-state index in [-0.39, 0.29) is 5.91 Å². The van der Waals surface area contributed by atoms with E-state index in [0.717, 1.165) is 24.2 Å². The lowest BCUT2D eigenvalue weighted by Crippen LogP contribution is -2.49. The van der Waals surface area contributed by atoms with Gasteiger partial charge in [0.1, 0.15) is 0 Å². The monoisotopic (exact) mass is 386 g/mol. The van der Waals surface area contributed by atoms with Crippen LogP contribution >= 0.6 is 11.6 Å². The molecule has 0 spiro atoms. The number of carbonyl (C=O) groups excluding carboxylic acids is 2. The van der Waals surface area contributed by atoms with Crippen molar-refractivity contribution >= 4 is 23.5 Å². The maximum Gasteiger partial charge on any atom is 0.303 e. The molecule has 1 saturated heterocycles. The molecule has 0 radical (unpaired) electrons. The van der Waals surface area contributed by atoms with Gasteiger partial charge in [-0.05, 0) is 18.7 Å². The molecule has 0 N–H and O–H groups in total. The van der Waals surface area contributed by atoms with E-state index in [9.17, 15) is 9.59 Å². The number of nitrogens with zero attached hydrogens (tertiary/aromatic N) is 2. The zero-order valence-electron chi connectivity index (χ0n) is 15.5. The van der Waals surface area contributed by atoms with Crippen molar-refractivity contribution in [3.05, 3.63) is 59.1 Å². The molecule has 0 saturated carbocycles. The molecular formula is C21H23ClN2O3. The summed E-state index contributed by atoms with van der Waals surface area (Å²) in [6, 6.07) is 15.0. The highest BCUT2D eigenvalue weighted by Crippen LogP contribution is 2.29. The summed E-state index contributed by atoms with van der Waals surface area (Å²) < 4.78 is 5.38. The summed E-state index contributed by atoms with van der Waals surface area (Å²) in [5, 5.41) is 0.662. The van der Waals surface area contributed by atoms with Crippen LogP contribution < -0.4 is 0 Å². The minimum atomic E-state index is -0.925. The number of rotatable bonds is 4. The molecule has 2 aromatic carbocycles. The predicted octanol–water partition coefficient (Wildman–Crippen LogP) is 3.39. The molecule has 1 amide bonds. The van der Waals surface area contributed by atoms with Crippen LogP contribution in [-0.2, 0) is 14.3 Å². The molecule has 2 aromatic rings. The van der Waals surface area contributed by atoms with Crippen LogP contribution in [0, 0.1) is 0 Å². The SMILES string of the molecule is CC(=O)OC(C(=O)N1CCN(C)CC1)c1ccc(-c2ccccc2Cl)cc1. The molecule has 0 aromatic heterocycles. The molecule has 1 unspecified atom stereocenters. The van der Waals surface area contributed by atoms with Crippen LogP contribution in [0.5, 0.6) is 0 Å². The zero-order chi connectivity index (χ0) is 19.4. The van der Waals surface area contributed by atoms with Crippen LogP contribution in [0.3, 0.4) is 0 Å². The molecule has 1 fully saturated rings. The van der Waals surface area contributed by atoms with Crippen molar-refractivity contribution < 1.29 is 14.3 Å². The first kappa shape index (κ1) is 19.4. The fourth-order valence-corrected chi connectivity index (χ4v) is 3.40. The summed E-state index contributed by atoms with van der Waals surface area (Å²) in [6.45, 7) is 4.20. The lowest BCUT2D eigenvalue weighted by Gasteiger charge is -2.34. The molecule has 0 aliphatic carbocycles. The number of benzene rings is 2. The molecule has 5 nitrogen and oxygen atoms in total. The Balaban J connectivity index is 1.83. The van der Waals surface area contributed by atoms with E-state index in [1.54, 1.807) is 4.90 Å². The highest BCUT2D eigenvalue weighted by molar-refractivity contribution is 6.33. The number of ether oxygens (including phenoxy) is 1. The van der Waals surface area contributed by atoms with E-state index >= 15 is 0 Å². The average Bonchev–Trinajstić information content (AvgIpc) is 2.67.